The summed E-state index contributed by atoms with van der Waals surface area (Å²) in [6.45, 7) is 4.77. The van der Waals surface area contributed by atoms with Gasteiger partial charge in [-0.3, -0.25) is 13.8 Å². The minimum Gasteiger partial charge on any atom is -0.391 e. The third-order valence-corrected chi connectivity index (χ3v) is 12.5. The van der Waals surface area contributed by atoms with Crippen LogP contribution in [0.1, 0.15) is 226 Å². The molecule has 8 nitrogen and oxygen atoms in total. The molecule has 0 aromatic heterocycles. The molecule has 0 aliphatic heterocycles. The lowest BCUT2D eigenvalue weighted by atomic mass is 10.0. The van der Waals surface area contributed by atoms with E-state index in [-0.39, 0.29) is 19.1 Å². The zero-order valence-electron chi connectivity index (χ0n) is 41.8. The van der Waals surface area contributed by atoms with Crippen LogP contribution in [0.15, 0.2) is 60.8 Å². The quantitative estimate of drug-likeness (QED) is 0.0243. The Hall–Kier alpha value is -1.80. The average Bonchev–Trinajstić information content (AvgIpc) is 3.24. The largest absolute Gasteiger partial charge is 0.472 e. The average molecular weight is 906 g/mol. The van der Waals surface area contributed by atoms with Crippen LogP contribution in [0.3, 0.4) is 0 Å². The number of amides is 1. The van der Waals surface area contributed by atoms with Crippen molar-refractivity contribution in [3.8, 4) is 0 Å². The second-order valence-electron chi connectivity index (χ2n) is 18.9. The Bertz CT molecular complexity index is 1210. The molecule has 0 radical (unpaired) electrons. The third kappa shape index (κ3) is 48.0. The summed E-state index contributed by atoms with van der Waals surface area (Å²) in [4.78, 5) is 23.3. The summed E-state index contributed by atoms with van der Waals surface area (Å²) in [5, 5.41) is 14.0. The van der Waals surface area contributed by atoms with Gasteiger partial charge in [0, 0.05) is 6.42 Å². The first-order valence-corrected chi connectivity index (χ1v) is 27.6. The third-order valence-electron chi connectivity index (χ3n) is 11.5. The van der Waals surface area contributed by atoms with E-state index in [2.05, 4.69) is 79.9 Å². The number of carbonyl (C=O) groups is 1. The first-order chi connectivity index (χ1) is 30.5. The van der Waals surface area contributed by atoms with Gasteiger partial charge in [-0.15, -0.1) is 0 Å². The minimum absolute atomic E-state index is 0.0699. The van der Waals surface area contributed by atoms with E-state index in [0.717, 1.165) is 77.0 Å². The van der Waals surface area contributed by atoms with Crippen molar-refractivity contribution < 1.29 is 32.9 Å². The smallest absolute Gasteiger partial charge is 0.391 e. The number of aliphatic hydroxyl groups is 1. The molecule has 0 aliphatic carbocycles. The number of phosphoric acid groups is 1. The van der Waals surface area contributed by atoms with Crippen LogP contribution in [-0.2, 0) is 18.4 Å². The van der Waals surface area contributed by atoms with Crippen molar-refractivity contribution in [1.82, 2.24) is 5.32 Å². The van der Waals surface area contributed by atoms with Crippen molar-refractivity contribution in [2.24, 2.45) is 0 Å². The summed E-state index contributed by atoms with van der Waals surface area (Å²) in [5.74, 6) is -0.156. The number of phosphoric ester groups is 1. The van der Waals surface area contributed by atoms with Crippen LogP contribution >= 0.6 is 7.82 Å². The number of nitrogens with zero attached hydrogens (tertiary/aromatic N) is 1. The van der Waals surface area contributed by atoms with E-state index in [1.807, 2.05) is 21.1 Å². The summed E-state index contributed by atoms with van der Waals surface area (Å²) in [6, 6.07) is -0.770. The molecule has 63 heavy (non-hydrogen) atoms. The molecular weight excluding hydrogens is 804 g/mol. The molecule has 3 atom stereocenters. The molecule has 0 bridgehead atoms. The van der Waals surface area contributed by atoms with E-state index in [0.29, 0.717) is 23.9 Å². The van der Waals surface area contributed by atoms with Gasteiger partial charge in [-0.05, 0) is 57.8 Å². The SMILES string of the molecule is CC/C=C\C/C=C\C/C=C\C/C=C\C/C=C\CCCCCCCCCC(=O)NC(COP(=O)(O)OCC[N+](C)(C)C)C(O)CCCCCCCCCCCCCCCCCCCC. The van der Waals surface area contributed by atoms with E-state index in [9.17, 15) is 19.4 Å². The summed E-state index contributed by atoms with van der Waals surface area (Å²) < 4.78 is 23.7. The summed E-state index contributed by atoms with van der Waals surface area (Å²) in [6.07, 6.45) is 59.7. The first kappa shape index (κ1) is 61.2. The standard InChI is InChI=1S/C54H101N2O6P/c1-6-8-10-12-14-16-18-20-22-24-26-27-28-29-30-32-34-36-38-40-42-44-46-48-54(58)55-52(51-62-63(59,60)61-50-49-56(3,4)5)53(57)47-45-43-41-39-37-35-33-31-25-23-21-19-17-15-13-11-9-7-2/h8,10,14,16,20,22,26-27,29-30,52-53,57H,6-7,9,11-13,15,17-19,21,23-25,28,31-51H2,1-5H3,(H-,55,58,59,60)/p+1/b10-8-,16-14-,22-20-,27-26-,30-29-. The second-order valence-corrected chi connectivity index (χ2v) is 20.3. The summed E-state index contributed by atoms with van der Waals surface area (Å²) in [5.41, 5.74) is 0. The number of unbranched alkanes of at least 4 members (excludes halogenated alkanes) is 24. The number of allylic oxidation sites excluding steroid dienone is 10. The van der Waals surface area contributed by atoms with E-state index in [4.69, 9.17) is 9.05 Å². The van der Waals surface area contributed by atoms with Gasteiger partial charge >= 0.3 is 7.82 Å². The monoisotopic (exact) mass is 906 g/mol. The normalized spacial score (nSPS) is 14.6. The molecule has 3 unspecified atom stereocenters. The number of likely N-dealkylation sites (N-methyl/N-ethyl adjacent to an activating group) is 1. The molecule has 0 saturated heterocycles. The van der Waals surface area contributed by atoms with Crippen LogP contribution < -0.4 is 5.32 Å². The van der Waals surface area contributed by atoms with Crippen molar-refractivity contribution in [3.63, 3.8) is 0 Å². The van der Waals surface area contributed by atoms with Crippen LogP contribution in [-0.4, -0.2) is 73.4 Å². The van der Waals surface area contributed by atoms with Gasteiger partial charge in [0.2, 0.25) is 5.91 Å². The molecule has 9 heteroatoms. The highest BCUT2D eigenvalue weighted by atomic mass is 31.2. The van der Waals surface area contributed by atoms with Crippen LogP contribution in [0, 0.1) is 0 Å². The van der Waals surface area contributed by atoms with Crippen molar-refractivity contribution in [2.45, 2.75) is 238 Å². The lowest BCUT2D eigenvalue weighted by Crippen LogP contribution is -2.46. The Morgan fingerprint density at radius 1 is 0.556 bits per heavy atom. The highest BCUT2D eigenvalue weighted by Crippen LogP contribution is 2.43. The Morgan fingerprint density at radius 3 is 1.40 bits per heavy atom. The van der Waals surface area contributed by atoms with Crippen molar-refractivity contribution in [2.75, 3.05) is 40.9 Å². The van der Waals surface area contributed by atoms with Gasteiger partial charge < -0.3 is 19.8 Å². The van der Waals surface area contributed by atoms with Gasteiger partial charge in [0.15, 0.2) is 0 Å². The van der Waals surface area contributed by atoms with Crippen molar-refractivity contribution >= 4 is 13.7 Å². The molecule has 0 aliphatic rings. The molecule has 0 spiro atoms. The predicted octanol–water partition coefficient (Wildman–Crippen LogP) is 15.4. The van der Waals surface area contributed by atoms with Gasteiger partial charge in [-0.25, -0.2) is 4.57 Å². The molecule has 0 rings (SSSR count). The number of aliphatic hydroxyl groups excluding tert-OH is 1. The fourth-order valence-corrected chi connectivity index (χ4v) is 8.16. The van der Waals surface area contributed by atoms with E-state index >= 15 is 0 Å². The molecular formula is C54H102N2O6P+. The van der Waals surface area contributed by atoms with Crippen LogP contribution in [0.5, 0.6) is 0 Å². The number of hydrogen-bond donors (Lipinski definition) is 3. The van der Waals surface area contributed by atoms with Crippen molar-refractivity contribution in [3.05, 3.63) is 60.8 Å². The highest BCUT2D eigenvalue weighted by Gasteiger charge is 2.28. The molecule has 3 N–H and O–H groups in total. The Balaban J connectivity index is 4.28. The number of quaternary nitrogens is 1. The number of nitrogens with one attached hydrogen (secondary N) is 1. The Kier molecular flexibility index (Phi) is 44.1. The number of rotatable bonds is 47. The fraction of sp³-hybridized carbons (Fsp3) is 0.796. The molecule has 0 fully saturated rings. The maximum Gasteiger partial charge on any atom is 0.472 e. The lowest BCUT2D eigenvalue weighted by molar-refractivity contribution is -0.870. The van der Waals surface area contributed by atoms with E-state index < -0.39 is 20.0 Å². The van der Waals surface area contributed by atoms with E-state index in [1.54, 1.807) is 0 Å². The van der Waals surface area contributed by atoms with Crippen LogP contribution in [0.2, 0.25) is 0 Å². The van der Waals surface area contributed by atoms with Gasteiger partial charge in [-0.1, -0.05) is 222 Å². The van der Waals surface area contributed by atoms with Gasteiger partial charge in [0.1, 0.15) is 13.2 Å². The molecule has 0 aromatic carbocycles. The summed E-state index contributed by atoms with van der Waals surface area (Å²) in [7, 11) is 1.60. The van der Waals surface area contributed by atoms with Gasteiger partial charge in [-0.2, -0.15) is 0 Å². The highest BCUT2D eigenvalue weighted by molar-refractivity contribution is 7.47. The zero-order valence-corrected chi connectivity index (χ0v) is 42.7. The van der Waals surface area contributed by atoms with Gasteiger partial charge in [0.25, 0.3) is 0 Å². The second kappa shape index (κ2) is 45.4. The Labute approximate surface area is 390 Å². The maximum atomic E-state index is 13.0. The topological polar surface area (TPSA) is 105 Å². The molecule has 368 valence electrons. The molecule has 0 heterocycles. The first-order valence-electron chi connectivity index (χ1n) is 26.2. The molecule has 0 aromatic rings. The van der Waals surface area contributed by atoms with Crippen LogP contribution in [0.25, 0.3) is 0 Å². The fourth-order valence-electron chi connectivity index (χ4n) is 7.43. The molecule has 0 saturated carbocycles. The van der Waals surface area contributed by atoms with Gasteiger partial charge in [0.05, 0.1) is 39.9 Å². The number of carbonyl (C=O) groups excluding carboxylic acids is 1. The lowest BCUT2D eigenvalue weighted by Gasteiger charge is -2.26. The van der Waals surface area contributed by atoms with Crippen LogP contribution in [0.4, 0.5) is 0 Å². The maximum absolute atomic E-state index is 13.0. The Morgan fingerprint density at radius 2 is 0.952 bits per heavy atom. The minimum atomic E-state index is -4.33. The zero-order chi connectivity index (χ0) is 46.4. The number of hydrogen-bond acceptors (Lipinski definition) is 5. The summed E-state index contributed by atoms with van der Waals surface area (Å²) >= 11 is 0. The van der Waals surface area contributed by atoms with E-state index in [1.165, 1.54) is 122 Å². The van der Waals surface area contributed by atoms with Crippen molar-refractivity contribution in [1.29, 1.82) is 0 Å². The predicted molar refractivity (Wildman–Crippen MR) is 272 cm³/mol. The molecule has 1 amide bonds.